The van der Waals surface area contributed by atoms with Crippen molar-refractivity contribution in [3.63, 3.8) is 0 Å². The average molecular weight is 365 g/mol. The Morgan fingerprint density at radius 1 is 1.22 bits per heavy atom. The average Bonchev–Trinajstić information content (AvgIpc) is 3.33. The molecule has 0 bridgehead atoms. The third-order valence-corrected chi connectivity index (χ3v) is 5.93. The first-order valence-electron chi connectivity index (χ1n) is 9.84. The van der Waals surface area contributed by atoms with Crippen LogP contribution in [0.2, 0.25) is 0 Å². The third-order valence-electron chi connectivity index (χ3n) is 5.93. The smallest absolute Gasteiger partial charge is 0.223 e. The lowest BCUT2D eigenvalue weighted by Gasteiger charge is -2.25. The molecule has 1 saturated carbocycles. The fourth-order valence-electron chi connectivity index (χ4n) is 4.58. The van der Waals surface area contributed by atoms with Crippen LogP contribution in [-0.2, 0) is 4.79 Å². The molecule has 0 N–H and O–H groups in total. The van der Waals surface area contributed by atoms with Crippen molar-refractivity contribution in [3.8, 4) is 11.5 Å². The summed E-state index contributed by atoms with van der Waals surface area (Å²) >= 11 is 0. The number of carbonyl (C=O) groups excluding carboxylic acids is 1. The molecule has 1 saturated heterocycles. The lowest BCUT2D eigenvalue weighted by Crippen LogP contribution is -2.34. The number of amides is 1. The van der Waals surface area contributed by atoms with Gasteiger partial charge < -0.3 is 14.4 Å². The molecule has 1 aromatic carbocycles. The molecule has 1 aliphatic carbocycles. The molecule has 2 fully saturated rings. The van der Waals surface area contributed by atoms with Crippen LogP contribution in [-0.4, -0.2) is 37.1 Å². The lowest BCUT2D eigenvalue weighted by atomic mass is 9.89. The van der Waals surface area contributed by atoms with E-state index in [1.165, 1.54) is 12.8 Å². The maximum Gasteiger partial charge on any atom is 0.223 e. The van der Waals surface area contributed by atoms with E-state index in [1.807, 2.05) is 30.4 Å². The molecule has 27 heavy (non-hydrogen) atoms. The van der Waals surface area contributed by atoms with Crippen molar-refractivity contribution in [1.82, 2.24) is 4.90 Å². The maximum absolute atomic E-state index is 12.7. The topological polar surface area (TPSA) is 38.8 Å². The van der Waals surface area contributed by atoms with E-state index in [0.29, 0.717) is 24.8 Å². The van der Waals surface area contributed by atoms with Crippen LogP contribution in [0.25, 0.3) is 5.57 Å². The number of rotatable bonds is 3. The van der Waals surface area contributed by atoms with Crippen molar-refractivity contribution in [1.29, 1.82) is 0 Å². The molecular formula is C23H27NO3. The predicted octanol–water partition coefficient (Wildman–Crippen LogP) is 4.47. The molecule has 1 aromatic rings. The second-order valence-electron chi connectivity index (χ2n) is 7.57. The number of likely N-dealkylation sites (tertiary alicyclic amines) is 1. The van der Waals surface area contributed by atoms with Gasteiger partial charge in [0, 0.05) is 30.5 Å². The fourth-order valence-corrected chi connectivity index (χ4v) is 4.58. The van der Waals surface area contributed by atoms with Gasteiger partial charge in [0.1, 0.15) is 6.61 Å². The zero-order valence-corrected chi connectivity index (χ0v) is 15.9. The summed E-state index contributed by atoms with van der Waals surface area (Å²) in [6.45, 7) is 5.53. The SMILES string of the molecule is C=C1/C=C\C=C/COc2c(OC)ccc(C3CC(=O)N(C4CCCC4)C3)c21. The molecule has 142 valence electrons. The van der Waals surface area contributed by atoms with Crippen LogP contribution in [0.5, 0.6) is 11.5 Å². The van der Waals surface area contributed by atoms with Gasteiger partial charge in [-0.25, -0.2) is 0 Å². The monoisotopic (exact) mass is 365 g/mol. The Morgan fingerprint density at radius 2 is 2.04 bits per heavy atom. The highest BCUT2D eigenvalue weighted by atomic mass is 16.5. The molecule has 4 heteroatoms. The predicted molar refractivity (Wildman–Crippen MR) is 107 cm³/mol. The van der Waals surface area contributed by atoms with Crippen molar-refractivity contribution >= 4 is 11.5 Å². The normalized spacial score (nSPS) is 25.4. The van der Waals surface area contributed by atoms with Gasteiger partial charge in [0.2, 0.25) is 5.91 Å². The van der Waals surface area contributed by atoms with Gasteiger partial charge in [-0.05, 0) is 36.1 Å². The van der Waals surface area contributed by atoms with E-state index >= 15 is 0 Å². The molecular weight excluding hydrogens is 338 g/mol. The molecule has 0 spiro atoms. The number of allylic oxidation sites excluding steroid dienone is 4. The van der Waals surface area contributed by atoms with Gasteiger partial charge in [-0.3, -0.25) is 4.79 Å². The zero-order chi connectivity index (χ0) is 18.8. The van der Waals surface area contributed by atoms with Crippen molar-refractivity contribution in [2.45, 2.75) is 44.1 Å². The summed E-state index contributed by atoms with van der Waals surface area (Å²) in [5.74, 6) is 1.88. The number of fused-ring (bicyclic) bond motifs is 1. The van der Waals surface area contributed by atoms with Gasteiger partial charge in [0.05, 0.1) is 7.11 Å². The van der Waals surface area contributed by atoms with E-state index < -0.39 is 0 Å². The molecule has 1 atom stereocenters. The van der Waals surface area contributed by atoms with Crippen molar-refractivity contribution in [2.75, 3.05) is 20.3 Å². The summed E-state index contributed by atoms with van der Waals surface area (Å²) in [5, 5.41) is 0. The lowest BCUT2D eigenvalue weighted by molar-refractivity contribution is -0.129. The quantitative estimate of drug-likeness (QED) is 0.793. The Hall–Kier alpha value is -2.49. The van der Waals surface area contributed by atoms with Gasteiger partial charge >= 0.3 is 0 Å². The van der Waals surface area contributed by atoms with E-state index in [2.05, 4.69) is 17.5 Å². The van der Waals surface area contributed by atoms with Crippen LogP contribution in [0, 0.1) is 0 Å². The Bertz CT molecular complexity index is 802. The number of hydrogen-bond donors (Lipinski definition) is 0. The minimum atomic E-state index is 0.167. The van der Waals surface area contributed by atoms with E-state index in [9.17, 15) is 4.79 Å². The summed E-state index contributed by atoms with van der Waals surface area (Å²) in [4.78, 5) is 14.8. The number of hydrogen-bond acceptors (Lipinski definition) is 3. The van der Waals surface area contributed by atoms with Crippen LogP contribution in [0.15, 0.2) is 43.0 Å². The molecule has 1 amide bonds. The van der Waals surface area contributed by atoms with Crippen molar-refractivity contribution in [2.24, 2.45) is 0 Å². The largest absolute Gasteiger partial charge is 0.493 e. The first-order chi connectivity index (χ1) is 13.2. The van der Waals surface area contributed by atoms with Gasteiger partial charge in [0.25, 0.3) is 0 Å². The molecule has 0 radical (unpaired) electrons. The highest BCUT2D eigenvalue weighted by Gasteiger charge is 2.37. The fraction of sp³-hybridized carbons (Fsp3) is 0.435. The van der Waals surface area contributed by atoms with Crippen LogP contribution in [0.1, 0.15) is 49.1 Å². The minimum Gasteiger partial charge on any atom is -0.493 e. The molecule has 3 aliphatic rings. The molecule has 4 rings (SSSR count). The van der Waals surface area contributed by atoms with Gasteiger partial charge in [-0.15, -0.1) is 0 Å². The van der Waals surface area contributed by atoms with E-state index in [0.717, 1.165) is 41.8 Å². The molecule has 0 aromatic heterocycles. The molecule has 1 unspecified atom stereocenters. The van der Waals surface area contributed by atoms with Crippen molar-refractivity contribution < 1.29 is 14.3 Å². The zero-order valence-electron chi connectivity index (χ0n) is 15.9. The number of ether oxygens (including phenoxy) is 2. The van der Waals surface area contributed by atoms with E-state index in [4.69, 9.17) is 9.47 Å². The second kappa shape index (κ2) is 7.63. The molecule has 2 heterocycles. The summed E-state index contributed by atoms with van der Waals surface area (Å²) in [6, 6.07) is 4.46. The highest BCUT2D eigenvalue weighted by Crippen LogP contribution is 2.44. The number of methoxy groups -OCH3 is 1. The standard InChI is InChI=1S/C23H27NO3/c1-16-8-4-3-7-13-27-23-20(26-2)12-11-19(22(16)23)17-14-21(25)24(15-17)18-9-5-6-10-18/h3-4,7-8,11-12,17-18H,1,5-6,9-10,13-15H2,2H3/b7-3-,8-4-. The summed E-state index contributed by atoms with van der Waals surface area (Å²) in [6.07, 6.45) is 13.2. The van der Waals surface area contributed by atoms with E-state index in [1.54, 1.807) is 7.11 Å². The van der Waals surface area contributed by atoms with E-state index in [-0.39, 0.29) is 11.8 Å². The van der Waals surface area contributed by atoms with Crippen LogP contribution < -0.4 is 9.47 Å². The Balaban J connectivity index is 1.72. The van der Waals surface area contributed by atoms with Crippen LogP contribution >= 0.6 is 0 Å². The van der Waals surface area contributed by atoms with Gasteiger partial charge in [-0.2, -0.15) is 0 Å². The van der Waals surface area contributed by atoms with Crippen LogP contribution in [0.4, 0.5) is 0 Å². The third kappa shape index (κ3) is 3.41. The maximum atomic E-state index is 12.7. The number of benzene rings is 1. The van der Waals surface area contributed by atoms with Gasteiger partial charge in [-0.1, -0.05) is 43.7 Å². The first kappa shape index (κ1) is 17.9. The Morgan fingerprint density at radius 3 is 2.81 bits per heavy atom. The summed E-state index contributed by atoms with van der Waals surface area (Å²) < 4.78 is 11.6. The number of nitrogens with zero attached hydrogens (tertiary/aromatic N) is 1. The van der Waals surface area contributed by atoms with Crippen molar-refractivity contribution in [3.05, 3.63) is 54.1 Å². The highest BCUT2D eigenvalue weighted by molar-refractivity contribution is 5.84. The Kier molecular flexibility index (Phi) is 5.06. The summed E-state index contributed by atoms with van der Waals surface area (Å²) in [5.41, 5.74) is 2.99. The minimum absolute atomic E-state index is 0.167. The second-order valence-corrected chi connectivity index (χ2v) is 7.57. The number of carbonyl (C=O) groups is 1. The van der Waals surface area contributed by atoms with Gasteiger partial charge in [0.15, 0.2) is 11.5 Å². The Labute approximate surface area is 161 Å². The first-order valence-corrected chi connectivity index (χ1v) is 9.84. The summed E-state index contributed by atoms with van der Waals surface area (Å²) in [7, 11) is 1.65. The van der Waals surface area contributed by atoms with Crippen LogP contribution in [0.3, 0.4) is 0 Å². The molecule has 2 aliphatic heterocycles. The molecule has 4 nitrogen and oxygen atoms in total.